The van der Waals surface area contributed by atoms with E-state index in [9.17, 15) is 14.9 Å². The lowest BCUT2D eigenvalue weighted by Crippen LogP contribution is -2.00. The Morgan fingerprint density at radius 1 is 1.29 bits per heavy atom. The monoisotopic (exact) mass is 307 g/mol. The number of rotatable bonds is 5. The zero-order chi connectivity index (χ0) is 15.4. The van der Waals surface area contributed by atoms with Gasteiger partial charge in [0.1, 0.15) is 10.8 Å². The van der Waals surface area contributed by atoms with Gasteiger partial charge in [0.2, 0.25) is 5.75 Å². The van der Waals surface area contributed by atoms with Crippen LogP contribution in [0.5, 0.6) is 11.5 Å². The van der Waals surface area contributed by atoms with Crippen LogP contribution in [0.15, 0.2) is 42.5 Å². The summed E-state index contributed by atoms with van der Waals surface area (Å²) in [4.78, 5) is 21.1. The number of para-hydroxylation sites is 1. The minimum Gasteiger partial charge on any atom is -0.481 e. The van der Waals surface area contributed by atoms with E-state index in [1.54, 1.807) is 18.2 Å². The van der Waals surface area contributed by atoms with Crippen LogP contribution in [0.25, 0.3) is 0 Å². The van der Waals surface area contributed by atoms with Crippen molar-refractivity contribution >= 4 is 23.3 Å². The van der Waals surface area contributed by atoms with Gasteiger partial charge < -0.3 is 9.84 Å². The van der Waals surface area contributed by atoms with Crippen molar-refractivity contribution in [2.24, 2.45) is 0 Å². The standard InChI is InChI=1S/C14H10ClNO5/c15-11-5-2-6-12(14(11)16(19)20)21-10-4-1-3-9(7-10)8-13(17)18/h1-7H,8H2,(H,17,18). The molecule has 0 heterocycles. The third-order valence-corrected chi connectivity index (χ3v) is 2.92. The highest BCUT2D eigenvalue weighted by atomic mass is 35.5. The van der Waals surface area contributed by atoms with Crippen LogP contribution in [0.3, 0.4) is 0 Å². The van der Waals surface area contributed by atoms with Gasteiger partial charge in [-0.05, 0) is 29.8 Å². The Labute approximate surface area is 124 Å². The molecule has 0 spiro atoms. The van der Waals surface area contributed by atoms with Crippen molar-refractivity contribution in [3.8, 4) is 11.5 Å². The zero-order valence-electron chi connectivity index (χ0n) is 10.7. The molecule has 0 aliphatic carbocycles. The molecule has 0 unspecified atom stereocenters. The zero-order valence-corrected chi connectivity index (χ0v) is 11.4. The number of carbonyl (C=O) groups is 1. The van der Waals surface area contributed by atoms with E-state index in [2.05, 4.69) is 0 Å². The molecular formula is C14H10ClNO5. The number of hydrogen-bond acceptors (Lipinski definition) is 4. The fourth-order valence-electron chi connectivity index (χ4n) is 1.78. The molecule has 108 valence electrons. The van der Waals surface area contributed by atoms with Gasteiger partial charge in [-0.15, -0.1) is 0 Å². The van der Waals surface area contributed by atoms with Crippen LogP contribution in [0.2, 0.25) is 5.02 Å². The molecule has 0 atom stereocenters. The van der Waals surface area contributed by atoms with Crippen LogP contribution in [-0.2, 0) is 11.2 Å². The minimum absolute atomic E-state index is 0.0000231. The number of aliphatic carboxylic acids is 1. The van der Waals surface area contributed by atoms with E-state index in [-0.39, 0.29) is 22.9 Å². The lowest BCUT2D eigenvalue weighted by Gasteiger charge is -2.08. The molecular weight excluding hydrogens is 298 g/mol. The SMILES string of the molecule is O=C(O)Cc1cccc(Oc2cccc(Cl)c2[N+](=O)[O-])c1. The number of carboxylic acid groups (broad SMARTS) is 1. The molecule has 2 aromatic rings. The summed E-state index contributed by atoms with van der Waals surface area (Å²) in [5, 5.41) is 19.7. The summed E-state index contributed by atoms with van der Waals surface area (Å²) in [6.07, 6.45) is -0.158. The van der Waals surface area contributed by atoms with Crippen molar-refractivity contribution in [1.29, 1.82) is 0 Å². The van der Waals surface area contributed by atoms with E-state index in [1.807, 2.05) is 0 Å². The minimum atomic E-state index is -0.971. The first-order valence-electron chi connectivity index (χ1n) is 5.89. The van der Waals surface area contributed by atoms with Crippen LogP contribution in [0, 0.1) is 10.1 Å². The Hall–Kier alpha value is -2.60. The number of nitrogens with zero attached hydrogens (tertiary/aromatic N) is 1. The second-order valence-electron chi connectivity index (χ2n) is 4.16. The van der Waals surface area contributed by atoms with E-state index < -0.39 is 10.9 Å². The number of nitro benzene ring substituents is 1. The quantitative estimate of drug-likeness (QED) is 0.672. The molecule has 2 rings (SSSR count). The number of carboxylic acids is 1. The van der Waals surface area contributed by atoms with E-state index in [4.69, 9.17) is 21.4 Å². The second-order valence-corrected chi connectivity index (χ2v) is 4.57. The van der Waals surface area contributed by atoms with Gasteiger partial charge in [-0.2, -0.15) is 0 Å². The van der Waals surface area contributed by atoms with E-state index >= 15 is 0 Å². The van der Waals surface area contributed by atoms with Crippen molar-refractivity contribution in [1.82, 2.24) is 0 Å². The van der Waals surface area contributed by atoms with Gasteiger partial charge in [0.25, 0.3) is 0 Å². The highest BCUT2D eigenvalue weighted by Gasteiger charge is 2.20. The Morgan fingerprint density at radius 2 is 2.00 bits per heavy atom. The molecule has 0 aromatic heterocycles. The van der Waals surface area contributed by atoms with Crippen molar-refractivity contribution in [3.05, 3.63) is 63.2 Å². The summed E-state index contributed by atoms with van der Waals surface area (Å²) in [5.41, 5.74) is 0.201. The third-order valence-electron chi connectivity index (χ3n) is 2.61. The largest absolute Gasteiger partial charge is 0.481 e. The van der Waals surface area contributed by atoms with Crippen molar-refractivity contribution in [3.63, 3.8) is 0 Å². The molecule has 2 aromatic carbocycles. The highest BCUT2D eigenvalue weighted by molar-refractivity contribution is 6.32. The van der Waals surface area contributed by atoms with E-state index in [0.717, 1.165) is 0 Å². The molecule has 0 radical (unpaired) electrons. The van der Waals surface area contributed by atoms with Crippen molar-refractivity contribution < 1.29 is 19.6 Å². The van der Waals surface area contributed by atoms with Crippen LogP contribution >= 0.6 is 11.6 Å². The second kappa shape index (κ2) is 6.23. The average Bonchev–Trinajstić information content (AvgIpc) is 2.37. The molecule has 6 nitrogen and oxygen atoms in total. The molecule has 0 saturated carbocycles. The molecule has 0 fully saturated rings. The fraction of sp³-hybridized carbons (Fsp3) is 0.0714. The highest BCUT2D eigenvalue weighted by Crippen LogP contribution is 2.37. The normalized spacial score (nSPS) is 10.1. The first-order chi connectivity index (χ1) is 9.97. The lowest BCUT2D eigenvalue weighted by molar-refractivity contribution is -0.385. The molecule has 0 bridgehead atoms. The smallest absolute Gasteiger partial charge is 0.329 e. The van der Waals surface area contributed by atoms with Crippen LogP contribution < -0.4 is 4.74 Å². The number of ether oxygens (including phenoxy) is 1. The summed E-state index contributed by atoms with van der Waals surface area (Å²) >= 11 is 5.79. The first kappa shape index (κ1) is 14.8. The Balaban J connectivity index is 2.32. The van der Waals surface area contributed by atoms with Crippen molar-refractivity contribution in [2.45, 2.75) is 6.42 Å². The average molecular weight is 308 g/mol. The van der Waals surface area contributed by atoms with Crippen LogP contribution in [0.1, 0.15) is 5.56 Å². The van der Waals surface area contributed by atoms with E-state index in [1.165, 1.54) is 24.3 Å². The predicted octanol–water partition coefficient (Wildman–Crippen LogP) is 3.67. The maximum atomic E-state index is 11.0. The molecule has 0 saturated heterocycles. The topological polar surface area (TPSA) is 89.7 Å². The molecule has 0 amide bonds. The Kier molecular flexibility index (Phi) is 4.39. The number of halogens is 1. The van der Waals surface area contributed by atoms with Gasteiger partial charge in [-0.3, -0.25) is 14.9 Å². The molecule has 7 heteroatoms. The van der Waals surface area contributed by atoms with Gasteiger partial charge in [-0.1, -0.05) is 29.8 Å². The fourth-order valence-corrected chi connectivity index (χ4v) is 2.01. The maximum absolute atomic E-state index is 11.0. The molecule has 1 N–H and O–H groups in total. The summed E-state index contributed by atoms with van der Waals surface area (Å²) in [6.45, 7) is 0. The molecule has 0 aliphatic heterocycles. The first-order valence-corrected chi connectivity index (χ1v) is 6.26. The van der Waals surface area contributed by atoms with Gasteiger partial charge in [0.15, 0.2) is 0 Å². The number of hydrogen-bond donors (Lipinski definition) is 1. The van der Waals surface area contributed by atoms with Gasteiger partial charge in [0.05, 0.1) is 11.3 Å². The van der Waals surface area contributed by atoms with E-state index in [0.29, 0.717) is 11.3 Å². The Morgan fingerprint density at radius 3 is 2.67 bits per heavy atom. The van der Waals surface area contributed by atoms with Gasteiger partial charge in [0, 0.05) is 0 Å². The van der Waals surface area contributed by atoms with Crippen LogP contribution in [-0.4, -0.2) is 16.0 Å². The summed E-state index contributed by atoms with van der Waals surface area (Å²) in [6, 6.07) is 10.7. The van der Waals surface area contributed by atoms with Crippen LogP contribution in [0.4, 0.5) is 5.69 Å². The van der Waals surface area contributed by atoms with Gasteiger partial charge in [-0.25, -0.2) is 0 Å². The maximum Gasteiger partial charge on any atom is 0.329 e. The number of nitro groups is 1. The van der Waals surface area contributed by atoms with Crippen molar-refractivity contribution in [2.75, 3.05) is 0 Å². The third kappa shape index (κ3) is 3.70. The summed E-state index contributed by atoms with van der Waals surface area (Å²) in [7, 11) is 0. The Bertz CT molecular complexity index is 702. The summed E-state index contributed by atoms with van der Waals surface area (Å²) < 4.78 is 5.45. The molecule has 0 aliphatic rings. The molecule has 21 heavy (non-hydrogen) atoms. The van der Waals surface area contributed by atoms with Gasteiger partial charge >= 0.3 is 11.7 Å². The number of benzene rings is 2. The lowest BCUT2D eigenvalue weighted by atomic mass is 10.1. The summed E-state index contributed by atoms with van der Waals surface area (Å²) in [5.74, 6) is -0.667. The predicted molar refractivity (Wildman–Crippen MR) is 76.0 cm³/mol.